The Kier molecular flexibility index (Phi) is 5.46. The standard InChI is InChI=1S/C16H11F3N2O4S3/c1-25-13-3-2-10(28(23,24)16(17,18)19)6-11(13)20-14(22)12-8-27-15(21-12)9-4-5-26-7-9/h2-8H,1H3,(H,20,22). The highest BCUT2D eigenvalue weighted by atomic mass is 32.2. The first-order valence-corrected chi connectivity index (χ1v) is 10.7. The SMILES string of the molecule is COc1ccc(S(=O)(=O)C(F)(F)F)cc1NC(=O)c1csc(-c2ccsc2)n1. The average molecular weight is 448 g/mol. The molecule has 2 aromatic heterocycles. The normalized spacial score (nSPS) is 12.0. The number of methoxy groups -OCH3 is 1. The Morgan fingerprint density at radius 1 is 1.21 bits per heavy atom. The van der Waals surface area contributed by atoms with E-state index in [4.69, 9.17) is 4.74 Å². The first-order chi connectivity index (χ1) is 13.1. The molecule has 0 spiro atoms. The molecule has 0 atom stereocenters. The maximum atomic E-state index is 12.8. The molecule has 12 heteroatoms. The zero-order valence-corrected chi connectivity index (χ0v) is 16.4. The summed E-state index contributed by atoms with van der Waals surface area (Å²) in [7, 11) is -4.33. The van der Waals surface area contributed by atoms with Crippen LogP contribution < -0.4 is 10.1 Å². The third-order valence-corrected chi connectivity index (χ3v) is 6.60. The second kappa shape index (κ2) is 7.53. The van der Waals surface area contributed by atoms with Crippen LogP contribution in [0.5, 0.6) is 5.75 Å². The van der Waals surface area contributed by atoms with Gasteiger partial charge in [0.05, 0.1) is 17.7 Å². The minimum Gasteiger partial charge on any atom is -0.495 e. The predicted molar refractivity (Wildman–Crippen MR) is 99.6 cm³/mol. The van der Waals surface area contributed by atoms with Crippen LogP contribution in [0.3, 0.4) is 0 Å². The van der Waals surface area contributed by atoms with E-state index < -0.39 is 26.1 Å². The molecule has 0 radical (unpaired) electrons. The maximum Gasteiger partial charge on any atom is 0.501 e. The molecule has 0 fully saturated rings. The largest absolute Gasteiger partial charge is 0.501 e. The number of anilines is 1. The van der Waals surface area contributed by atoms with Crippen LogP contribution in [-0.2, 0) is 9.84 Å². The van der Waals surface area contributed by atoms with Gasteiger partial charge in [0.25, 0.3) is 15.7 Å². The summed E-state index contributed by atoms with van der Waals surface area (Å²) >= 11 is 2.69. The number of carbonyl (C=O) groups excluding carboxylic acids is 1. The van der Waals surface area contributed by atoms with Crippen molar-refractivity contribution in [3.63, 3.8) is 0 Å². The number of carbonyl (C=O) groups is 1. The van der Waals surface area contributed by atoms with Crippen molar-refractivity contribution in [3.05, 3.63) is 46.1 Å². The van der Waals surface area contributed by atoms with Crippen LogP contribution in [-0.4, -0.2) is 31.9 Å². The Labute approximate surface area is 165 Å². The third kappa shape index (κ3) is 3.88. The van der Waals surface area contributed by atoms with E-state index in [0.717, 1.165) is 17.7 Å². The van der Waals surface area contributed by atoms with Crippen LogP contribution in [0, 0.1) is 0 Å². The van der Waals surface area contributed by atoms with Crippen LogP contribution in [0.2, 0.25) is 0 Å². The minimum atomic E-state index is -5.57. The van der Waals surface area contributed by atoms with Gasteiger partial charge in [0, 0.05) is 16.3 Å². The number of thiophene rings is 1. The fourth-order valence-electron chi connectivity index (χ4n) is 2.17. The number of benzene rings is 1. The fourth-order valence-corrected chi connectivity index (χ4v) is 4.47. The number of hydrogen-bond acceptors (Lipinski definition) is 7. The number of sulfone groups is 1. The van der Waals surface area contributed by atoms with Crippen molar-refractivity contribution in [3.8, 4) is 16.3 Å². The van der Waals surface area contributed by atoms with Gasteiger partial charge in [-0.05, 0) is 29.6 Å². The van der Waals surface area contributed by atoms with Gasteiger partial charge in [0.2, 0.25) is 0 Å². The van der Waals surface area contributed by atoms with E-state index in [-0.39, 0.29) is 17.1 Å². The highest BCUT2D eigenvalue weighted by Gasteiger charge is 2.47. The molecule has 0 bridgehead atoms. The summed E-state index contributed by atoms with van der Waals surface area (Å²) in [6, 6.07) is 4.33. The van der Waals surface area contributed by atoms with Crippen LogP contribution in [0.15, 0.2) is 45.3 Å². The number of nitrogens with one attached hydrogen (secondary N) is 1. The molecule has 0 aliphatic rings. The molecule has 0 saturated heterocycles. The van der Waals surface area contributed by atoms with Gasteiger partial charge in [-0.2, -0.15) is 24.5 Å². The quantitative estimate of drug-likeness (QED) is 0.624. The molecule has 2 heterocycles. The summed E-state index contributed by atoms with van der Waals surface area (Å²) in [5.74, 6) is -0.708. The summed E-state index contributed by atoms with van der Waals surface area (Å²) < 4.78 is 66.6. The van der Waals surface area contributed by atoms with Crippen LogP contribution in [0.1, 0.15) is 10.5 Å². The number of ether oxygens (including phenoxy) is 1. The summed E-state index contributed by atoms with van der Waals surface area (Å²) in [5, 5.41) is 8.16. The fraction of sp³-hybridized carbons (Fsp3) is 0.125. The van der Waals surface area contributed by atoms with Gasteiger partial charge in [-0.1, -0.05) is 0 Å². The number of halogens is 3. The second-order valence-electron chi connectivity index (χ2n) is 5.32. The molecule has 3 aromatic rings. The number of amides is 1. The van der Waals surface area contributed by atoms with Gasteiger partial charge in [-0.15, -0.1) is 11.3 Å². The van der Waals surface area contributed by atoms with Gasteiger partial charge >= 0.3 is 5.51 Å². The topological polar surface area (TPSA) is 85.4 Å². The number of hydrogen-bond donors (Lipinski definition) is 1. The number of rotatable bonds is 5. The van der Waals surface area contributed by atoms with Crippen LogP contribution in [0.25, 0.3) is 10.6 Å². The van der Waals surface area contributed by atoms with Crippen molar-refractivity contribution < 1.29 is 31.1 Å². The zero-order chi connectivity index (χ0) is 20.5. The van der Waals surface area contributed by atoms with E-state index in [1.807, 2.05) is 16.8 Å². The van der Waals surface area contributed by atoms with Crippen molar-refractivity contribution >= 4 is 44.1 Å². The van der Waals surface area contributed by atoms with Crippen LogP contribution in [0.4, 0.5) is 18.9 Å². The Hall–Kier alpha value is -2.44. The first-order valence-electron chi connectivity index (χ1n) is 7.42. The highest BCUT2D eigenvalue weighted by molar-refractivity contribution is 7.92. The Balaban J connectivity index is 1.91. The molecule has 1 N–H and O–H groups in total. The van der Waals surface area contributed by atoms with Gasteiger partial charge in [-0.25, -0.2) is 13.4 Å². The molecule has 1 amide bonds. The third-order valence-electron chi connectivity index (χ3n) is 3.54. The predicted octanol–water partition coefficient (Wildman–Crippen LogP) is 4.43. The van der Waals surface area contributed by atoms with E-state index >= 15 is 0 Å². The molecule has 0 unspecified atom stereocenters. The minimum absolute atomic E-state index is 0.00256. The van der Waals surface area contributed by atoms with Crippen molar-refractivity contribution in [2.45, 2.75) is 10.4 Å². The first kappa shape index (κ1) is 20.3. The monoisotopic (exact) mass is 448 g/mol. The molecule has 0 aliphatic heterocycles. The van der Waals surface area contributed by atoms with E-state index in [1.54, 1.807) is 0 Å². The number of alkyl halides is 3. The van der Waals surface area contributed by atoms with Crippen molar-refractivity contribution in [2.24, 2.45) is 0 Å². The molecule has 6 nitrogen and oxygen atoms in total. The van der Waals surface area contributed by atoms with E-state index in [2.05, 4.69) is 10.3 Å². The van der Waals surface area contributed by atoms with Crippen molar-refractivity contribution in [2.75, 3.05) is 12.4 Å². The second-order valence-corrected chi connectivity index (χ2v) is 8.89. The van der Waals surface area contributed by atoms with E-state index in [1.165, 1.54) is 35.2 Å². The molecule has 28 heavy (non-hydrogen) atoms. The maximum absolute atomic E-state index is 12.8. The molecular formula is C16H11F3N2O4S3. The lowest BCUT2D eigenvalue weighted by Crippen LogP contribution is -2.23. The molecule has 3 rings (SSSR count). The summed E-state index contributed by atoms with van der Waals surface area (Å²) in [5.41, 5.74) is -4.81. The Morgan fingerprint density at radius 3 is 2.57 bits per heavy atom. The van der Waals surface area contributed by atoms with Gasteiger partial charge in [0.15, 0.2) is 0 Å². The Bertz CT molecular complexity index is 1110. The summed E-state index contributed by atoms with van der Waals surface area (Å²) in [6.07, 6.45) is 0. The summed E-state index contributed by atoms with van der Waals surface area (Å²) in [4.78, 5) is 15.6. The van der Waals surface area contributed by atoms with E-state index in [0.29, 0.717) is 11.1 Å². The zero-order valence-electron chi connectivity index (χ0n) is 14.0. The average Bonchev–Trinajstić information content (AvgIpc) is 3.32. The lowest BCUT2D eigenvalue weighted by molar-refractivity contribution is -0.0436. The molecule has 0 aliphatic carbocycles. The molecule has 148 valence electrons. The van der Waals surface area contributed by atoms with Gasteiger partial charge in [0.1, 0.15) is 16.5 Å². The Morgan fingerprint density at radius 2 is 1.96 bits per heavy atom. The smallest absolute Gasteiger partial charge is 0.495 e. The number of thiazole rings is 1. The highest BCUT2D eigenvalue weighted by Crippen LogP contribution is 2.35. The number of aromatic nitrogens is 1. The summed E-state index contributed by atoms with van der Waals surface area (Å²) in [6.45, 7) is 0. The van der Waals surface area contributed by atoms with Crippen molar-refractivity contribution in [1.29, 1.82) is 0 Å². The van der Waals surface area contributed by atoms with Crippen LogP contribution >= 0.6 is 22.7 Å². The van der Waals surface area contributed by atoms with Crippen molar-refractivity contribution in [1.82, 2.24) is 4.98 Å². The van der Waals surface area contributed by atoms with E-state index in [9.17, 15) is 26.4 Å². The lowest BCUT2D eigenvalue weighted by atomic mass is 10.3. The van der Waals surface area contributed by atoms with Gasteiger partial charge in [-0.3, -0.25) is 4.79 Å². The lowest BCUT2D eigenvalue weighted by Gasteiger charge is -2.13. The molecular weight excluding hydrogens is 437 g/mol. The van der Waals surface area contributed by atoms with Gasteiger partial charge < -0.3 is 10.1 Å². The molecule has 0 saturated carbocycles. The number of nitrogens with zero attached hydrogens (tertiary/aromatic N) is 1. The molecule has 1 aromatic carbocycles.